The Morgan fingerprint density at radius 3 is 2.71 bits per heavy atom. The van der Waals surface area contributed by atoms with Crippen LogP contribution >= 0.6 is 0 Å². The summed E-state index contributed by atoms with van der Waals surface area (Å²) in [6.45, 7) is 0.354. The molecule has 4 nitrogen and oxygen atoms in total. The van der Waals surface area contributed by atoms with Crippen molar-refractivity contribution in [2.75, 3.05) is 13.7 Å². The number of aromatic nitrogens is 1. The van der Waals surface area contributed by atoms with Gasteiger partial charge in [-0.1, -0.05) is 18.2 Å². The van der Waals surface area contributed by atoms with Crippen molar-refractivity contribution in [1.82, 2.24) is 9.88 Å². The number of rotatable bonds is 5. The monoisotopic (exact) mass is 324 g/mol. The molecule has 0 fully saturated rings. The van der Waals surface area contributed by atoms with Gasteiger partial charge in [0.15, 0.2) is 6.61 Å². The van der Waals surface area contributed by atoms with Crippen LogP contribution in [0.1, 0.15) is 5.56 Å². The van der Waals surface area contributed by atoms with E-state index in [-0.39, 0.29) is 18.3 Å². The lowest BCUT2D eigenvalue weighted by Gasteiger charge is -2.17. The predicted molar refractivity (Wildman–Crippen MR) is 90.1 cm³/mol. The molecule has 0 unspecified atom stereocenters. The number of pyridine rings is 1. The smallest absolute Gasteiger partial charge is 0.260 e. The summed E-state index contributed by atoms with van der Waals surface area (Å²) in [6.07, 6.45) is 1.77. The third-order valence-corrected chi connectivity index (χ3v) is 3.67. The molecule has 0 aliphatic rings. The van der Waals surface area contributed by atoms with Crippen molar-refractivity contribution in [2.45, 2.75) is 6.54 Å². The van der Waals surface area contributed by atoms with Gasteiger partial charge in [0.1, 0.15) is 11.6 Å². The van der Waals surface area contributed by atoms with Gasteiger partial charge >= 0.3 is 0 Å². The van der Waals surface area contributed by atoms with Crippen LogP contribution in [0.25, 0.3) is 10.9 Å². The van der Waals surface area contributed by atoms with Crippen molar-refractivity contribution in [3.8, 4) is 5.75 Å². The maximum Gasteiger partial charge on any atom is 0.260 e. The van der Waals surface area contributed by atoms with Crippen LogP contribution in [0.15, 0.2) is 60.8 Å². The summed E-state index contributed by atoms with van der Waals surface area (Å²) in [4.78, 5) is 18.1. The second-order valence-electron chi connectivity index (χ2n) is 5.53. The minimum Gasteiger partial charge on any atom is -0.484 e. The summed E-state index contributed by atoms with van der Waals surface area (Å²) in [6, 6.07) is 15.4. The van der Waals surface area contributed by atoms with Crippen molar-refractivity contribution < 1.29 is 13.9 Å². The van der Waals surface area contributed by atoms with Crippen molar-refractivity contribution in [3.05, 3.63) is 72.2 Å². The molecule has 24 heavy (non-hydrogen) atoms. The number of fused-ring (bicyclic) bond motifs is 1. The van der Waals surface area contributed by atoms with Crippen LogP contribution in [0, 0.1) is 5.82 Å². The van der Waals surface area contributed by atoms with Gasteiger partial charge in [-0.15, -0.1) is 0 Å². The number of nitrogens with zero attached hydrogens (tertiary/aromatic N) is 2. The second kappa shape index (κ2) is 7.08. The van der Waals surface area contributed by atoms with E-state index in [2.05, 4.69) is 4.98 Å². The Balaban J connectivity index is 1.59. The predicted octanol–water partition coefficient (Wildman–Crippen LogP) is 3.41. The normalized spacial score (nSPS) is 10.6. The molecule has 0 aliphatic carbocycles. The highest BCUT2D eigenvalue weighted by molar-refractivity contribution is 5.79. The highest BCUT2D eigenvalue weighted by Gasteiger charge is 2.11. The fourth-order valence-corrected chi connectivity index (χ4v) is 2.35. The molecule has 0 N–H and O–H groups in total. The molecule has 0 radical (unpaired) electrons. The molecule has 3 rings (SSSR count). The number of ether oxygens (including phenoxy) is 1. The molecule has 1 amide bonds. The van der Waals surface area contributed by atoms with Gasteiger partial charge in [0.25, 0.3) is 5.91 Å². The molecule has 0 saturated heterocycles. The fourth-order valence-electron chi connectivity index (χ4n) is 2.35. The Bertz CT molecular complexity index is 849. The third-order valence-electron chi connectivity index (χ3n) is 3.67. The van der Waals surface area contributed by atoms with E-state index in [0.29, 0.717) is 12.3 Å². The first-order valence-corrected chi connectivity index (χ1v) is 7.58. The van der Waals surface area contributed by atoms with Crippen LogP contribution in [0.5, 0.6) is 5.75 Å². The molecule has 0 spiro atoms. The van der Waals surface area contributed by atoms with Gasteiger partial charge < -0.3 is 9.64 Å². The summed E-state index contributed by atoms with van der Waals surface area (Å²) in [5.41, 5.74) is 1.88. The number of carbonyl (C=O) groups excluding carboxylic acids is 1. The summed E-state index contributed by atoms with van der Waals surface area (Å²) >= 11 is 0. The Kier molecular flexibility index (Phi) is 4.70. The van der Waals surface area contributed by atoms with Crippen molar-refractivity contribution in [1.29, 1.82) is 0 Å². The average molecular weight is 324 g/mol. The Labute approximate surface area is 139 Å². The standard InChI is InChI=1S/C19H17FN2O2/c1-22(19(23)13-24-17-8-6-16(20)7-9-17)12-14-10-15-4-2-3-5-18(15)21-11-14/h2-11H,12-13H2,1H3. The fraction of sp³-hybridized carbons (Fsp3) is 0.158. The zero-order valence-corrected chi connectivity index (χ0v) is 13.3. The minimum absolute atomic E-state index is 0.0941. The lowest BCUT2D eigenvalue weighted by atomic mass is 10.1. The molecule has 0 bridgehead atoms. The van der Waals surface area contributed by atoms with E-state index in [1.165, 1.54) is 24.3 Å². The number of para-hydroxylation sites is 1. The summed E-state index contributed by atoms with van der Waals surface area (Å²) in [7, 11) is 1.71. The molecule has 2 aromatic carbocycles. The number of amides is 1. The quantitative estimate of drug-likeness (QED) is 0.722. The van der Waals surface area contributed by atoms with Crippen LogP contribution in [-0.2, 0) is 11.3 Å². The molecular weight excluding hydrogens is 307 g/mol. The Morgan fingerprint density at radius 1 is 1.17 bits per heavy atom. The van der Waals surface area contributed by atoms with Crippen LogP contribution < -0.4 is 4.74 Å². The Hall–Kier alpha value is -2.95. The summed E-state index contributed by atoms with van der Waals surface area (Å²) in [5, 5.41) is 1.04. The Morgan fingerprint density at radius 2 is 1.92 bits per heavy atom. The first-order valence-electron chi connectivity index (χ1n) is 7.58. The molecule has 0 atom stereocenters. The number of benzene rings is 2. The van der Waals surface area contributed by atoms with Crippen molar-refractivity contribution in [2.24, 2.45) is 0 Å². The van der Waals surface area contributed by atoms with E-state index < -0.39 is 0 Å². The first-order chi connectivity index (χ1) is 11.6. The molecule has 0 aliphatic heterocycles. The molecule has 5 heteroatoms. The third kappa shape index (κ3) is 3.87. The average Bonchev–Trinajstić information content (AvgIpc) is 2.61. The first kappa shape index (κ1) is 15.9. The van der Waals surface area contributed by atoms with Crippen LogP contribution in [0.2, 0.25) is 0 Å². The van der Waals surface area contributed by atoms with Gasteiger partial charge in [-0.3, -0.25) is 9.78 Å². The van der Waals surface area contributed by atoms with E-state index in [1.807, 2.05) is 30.3 Å². The van der Waals surface area contributed by atoms with Gasteiger partial charge in [-0.2, -0.15) is 0 Å². The molecular formula is C19H17FN2O2. The van der Waals surface area contributed by atoms with Crippen LogP contribution in [-0.4, -0.2) is 29.4 Å². The molecule has 0 saturated carbocycles. The van der Waals surface area contributed by atoms with Crippen molar-refractivity contribution in [3.63, 3.8) is 0 Å². The minimum atomic E-state index is -0.338. The molecule has 122 valence electrons. The van der Waals surface area contributed by atoms with Gasteiger partial charge in [-0.25, -0.2) is 4.39 Å². The summed E-state index contributed by atoms with van der Waals surface area (Å²) in [5.74, 6) is -0.0346. The highest BCUT2D eigenvalue weighted by Crippen LogP contribution is 2.14. The molecule has 1 heterocycles. The van der Waals surface area contributed by atoms with Gasteiger partial charge in [0.05, 0.1) is 5.52 Å². The number of hydrogen-bond acceptors (Lipinski definition) is 3. The van der Waals surface area contributed by atoms with Crippen molar-refractivity contribution >= 4 is 16.8 Å². The van der Waals surface area contributed by atoms with Gasteiger partial charge in [0, 0.05) is 25.2 Å². The number of likely N-dealkylation sites (N-methyl/N-ethyl adjacent to an activating group) is 1. The van der Waals surface area contributed by atoms with Gasteiger partial charge in [-0.05, 0) is 42.0 Å². The van der Waals surface area contributed by atoms with E-state index in [1.54, 1.807) is 18.1 Å². The maximum absolute atomic E-state index is 12.8. The zero-order chi connectivity index (χ0) is 16.9. The largest absolute Gasteiger partial charge is 0.484 e. The van der Waals surface area contributed by atoms with Crippen LogP contribution in [0.4, 0.5) is 4.39 Å². The molecule has 1 aromatic heterocycles. The van der Waals surface area contributed by atoms with E-state index in [4.69, 9.17) is 4.74 Å². The SMILES string of the molecule is CN(Cc1cnc2ccccc2c1)C(=O)COc1ccc(F)cc1. The van der Waals surface area contributed by atoms with Crippen LogP contribution in [0.3, 0.4) is 0 Å². The topological polar surface area (TPSA) is 42.4 Å². The molecule has 3 aromatic rings. The van der Waals surface area contributed by atoms with E-state index in [9.17, 15) is 9.18 Å². The maximum atomic E-state index is 12.8. The van der Waals surface area contributed by atoms with E-state index >= 15 is 0 Å². The van der Waals surface area contributed by atoms with E-state index in [0.717, 1.165) is 16.5 Å². The zero-order valence-electron chi connectivity index (χ0n) is 13.3. The lowest BCUT2D eigenvalue weighted by Crippen LogP contribution is -2.31. The lowest BCUT2D eigenvalue weighted by molar-refractivity contribution is -0.132. The number of halogens is 1. The second-order valence-corrected chi connectivity index (χ2v) is 5.53. The number of carbonyl (C=O) groups is 1. The van der Waals surface area contributed by atoms with Gasteiger partial charge in [0.2, 0.25) is 0 Å². The summed E-state index contributed by atoms with van der Waals surface area (Å²) < 4.78 is 18.2. The highest BCUT2D eigenvalue weighted by atomic mass is 19.1. The number of hydrogen-bond donors (Lipinski definition) is 0.